The molecule has 9 heteroatoms. The molecule has 22 heavy (non-hydrogen) atoms. The number of nitro groups is 1. The third-order valence-electron chi connectivity index (χ3n) is 2.76. The molecule has 124 valence electrons. The minimum atomic E-state index is -0.550. The third-order valence-corrected chi connectivity index (χ3v) is 4.39. The van der Waals surface area contributed by atoms with Crippen molar-refractivity contribution in [1.29, 1.82) is 0 Å². The normalized spacial score (nSPS) is 12.0. The van der Waals surface area contributed by atoms with Crippen LogP contribution in [-0.2, 0) is 12.3 Å². The van der Waals surface area contributed by atoms with Gasteiger partial charge in [0.2, 0.25) is 0 Å². The molecule has 0 atom stereocenters. The van der Waals surface area contributed by atoms with E-state index in [4.69, 9.17) is 10.2 Å². The van der Waals surface area contributed by atoms with Crippen LogP contribution in [0.1, 0.15) is 11.5 Å². The molecular weight excluding hydrogens is 372 g/mol. The Morgan fingerprint density at radius 2 is 2.23 bits per heavy atom. The maximum Gasteiger partial charge on any atom is 0.274 e. The lowest BCUT2D eigenvalue weighted by Crippen LogP contribution is -2.26. The van der Waals surface area contributed by atoms with Crippen LogP contribution in [0, 0.1) is 10.1 Å². The number of nitrogens with two attached hydrogens (primary N) is 1. The first-order chi connectivity index (χ1) is 10.3. The summed E-state index contributed by atoms with van der Waals surface area (Å²) in [4.78, 5) is 13.5. The second-order valence-corrected chi connectivity index (χ2v) is 6.99. The van der Waals surface area contributed by atoms with Gasteiger partial charge in [0.15, 0.2) is 5.82 Å². The number of thioether (sulfide) groups is 1. The molecule has 1 heterocycles. The lowest BCUT2D eigenvalue weighted by Gasteiger charge is -2.16. The molecule has 0 unspecified atom stereocenters. The average molecular weight is 393 g/mol. The van der Waals surface area contributed by atoms with Crippen molar-refractivity contribution in [2.75, 3.05) is 33.4 Å². The van der Waals surface area contributed by atoms with E-state index in [2.05, 4.69) is 15.9 Å². The molecule has 0 aliphatic carbocycles. The van der Waals surface area contributed by atoms with Gasteiger partial charge in [0.05, 0.1) is 21.7 Å². The van der Waals surface area contributed by atoms with Crippen molar-refractivity contribution in [2.45, 2.75) is 12.3 Å². The highest BCUT2D eigenvalue weighted by molar-refractivity contribution is 9.10. The van der Waals surface area contributed by atoms with E-state index < -0.39 is 4.92 Å². The second-order valence-electron chi connectivity index (χ2n) is 5.04. The van der Waals surface area contributed by atoms with Gasteiger partial charge < -0.3 is 20.0 Å². The second kappa shape index (κ2) is 9.06. The van der Waals surface area contributed by atoms with Gasteiger partial charge in [0.25, 0.3) is 6.20 Å². The Bertz CT molecular complexity index is 533. The lowest BCUT2D eigenvalue weighted by molar-refractivity contribution is -0.404. The summed E-state index contributed by atoms with van der Waals surface area (Å²) < 4.78 is 6.76. The van der Waals surface area contributed by atoms with Gasteiger partial charge in [-0.05, 0) is 36.1 Å². The molecule has 0 aliphatic rings. The minimum Gasteiger partial charge on any atom is -0.463 e. The molecule has 7 nitrogen and oxygen atoms in total. The van der Waals surface area contributed by atoms with Gasteiger partial charge in [-0.3, -0.25) is 10.1 Å². The van der Waals surface area contributed by atoms with Crippen LogP contribution in [0.3, 0.4) is 0 Å². The SMILES string of the molecule is CN(C)Cc1oc(CSCCN(C)/C(N)=C/[N+](=O)[O-])cc1Br. The van der Waals surface area contributed by atoms with Gasteiger partial charge in [-0.15, -0.1) is 0 Å². The van der Waals surface area contributed by atoms with Crippen LogP contribution < -0.4 is 5.73 Å². The summed E-state index contributed by atoms with van der Waals surface area (Å²) in [5.41, 5.74) is 5.59. The molecule has 1 rings (SSSR count). The average Bonchev–Trinajstić information content (AvgIpc) is 2.73. The summed E-state index contributed by atoms with van der Waals surface area (Å²) in [7, 11) is 5.71. The third kappa shape index (κ3) is 6.71. The lowest BCUT2D eigenvalue weighted by atomic mass is 10.4. The highest BCUT2D eigenvalue weighted by Gasteiger charge is 2.10. The van der Waals surface area contributed by atoms with E-state index in [-0.39, 0.29) is 5.82 Å². The summed E-state index contributed by atoms with van der Waals surface area (Å²) in [5.74, 6) is 3.52. The van der Waals surface area contributed by atoms with Gasteiger partial charge in [0, 0.05) is 19.3 Å². The molecule has 0 aromatic carbocycles. The van der Waals surface area contributed by atoms with Crippen molar-refractivity contribution in [3.8, 4) is 0 Å². The van der Waals surface area contributed by atoms with Gasteiger partial charge in [0.1, 0.15) is 11.5 Å². The molecular formula is C13H21BrN4O3S. The minimum absolute atomic E-state index is 0.152. The maximum absolute atomic E-state index is 10.3. The molecule has 0 saturated carbocycles. The van der Waals surface area contributed by atoms with Gasteiger partial charge in [-0.2, -0.15) is 11.8 Å². The van der Waals surface area contributed by atoms with Crippen molar-refractivity contribution in [3.63, 3.8) is 0 Å². The zero-order chi connectivity index (χ0) is 16.7. The molecule has 0 spiro atoms. The quantitative estimate of drug-likeness (QED) is 0.391. The van der Waals surface area contributed by atoms with Crippen molar-refractivity contribution >= 4 is 27.7 Å². The molecule has 2 N–H and O–H groups in total. The van der Waals surface area contributed by atoms with Crippen molar-refractivity contribution in [1.82, 2.24) is 9.80 Å². The summed E-state index contributed by atoms with van der Waals surface area (Å²) in [6.45, 7) is 1.38. The Morgan fingerprint density at radius 3 is 2.82 bits per heavy atom. The topological polar surface area (TPSA) is 88.8 Å². The van der Waals surface area contributed by atoms with E-state index in [1.165, 1.54) is 0 Å². The summed E-state index contributed by atoms with van der Waals surface area (Å²) in [5, 5.41) is 10.3. The maximum atomic E-state index is 10.3. The van der Waals surface area contributed by atoms with E-state index in [0.29, 0.717) is 6.54 Å². The van der Waals surface area contributed by atoms with Crippen LogP contribution in [0.25, 0.3) is 0 Å². The van der Waals surface area contributed by atoms with E-state index >= 15 is 0 Å². The number of furan rings is 1. The van der Waals surface area contributed by atoms with Crippen LogP contribution in [0.2, 0.25) is 0 Å². The highest BCUT2D eigenvalue weighted by Crippen LogP contribution is 2.25. The zero-order valence-corrected chi connectivity index (χ0v) is 15.3. The number of nitrogens with zero attached hydrogens (tertiary/aromatic N) is 3. The number of hydrogen-bond donors (Lipinski definition) is 1. The first-order valence-electron chi connectivity index (χ1n) is 6.61. The van der Waals surface area contributed by atoms with Crippen molar-refractivity contribution in [3.05, 3.63) is 44.2 Å². The fraction of sp³-hybridized carbons (Fsp3) is 0.538. The Labute approximate surface area is 142 Å². The standard InChI is InChI=1S/C13H21BrN4O3S/c1-16(2)7-12-11(14)6-10(21-12)9-22-5-4-17(3)13(15)8-18(19)20/h6,8H,4-5,7,9,15H2,1-3H3/b13-8+. The smallest absolute Gasteiger partial charge is 0.274 e. The molecule has 0 radical (unpaired) electrons. The molecule has 0 amide bonds. The monoisotopic (exact) mass is 392 g/mol. The van der Waals surface area contributed by atoms with Gasteiger partial charge in [-0.25, -0.2) is 0 Å². The number of rotatable bonds is 9. The van der Waals surface area contributed by atoms with Gasteiger partial charge in [-0.1, -0.05) is 0 Å². The van der Waals surface area contributed by atoms with E-state index in [1.54, 1.807) is 23.7 Å². The molecule has 1 aromatic heterocycles. The van der Waals surface area contributed by atoms with Crippen molar-refractivity contribution in [2.24, 2.45) is 5.73 Å². The molecule has 1 aromatic rings. The largest absolute Gasteiger partial charge is 0.463 e. The van der Waals surface area contributed by atoms with Crippen LogP contribution in [0.15, 0.2) is 27.0 Å². The fourth-order valence-electron chi connectivity index (χ4n) is 1.63. The van der Waals surface area contributed by atoms with Crippen LogP contribution in [-0.4, -0.2) is 48.2 Å². The molecule has 0 bridgehead atoms. The summed E-state index contributed by atoms with van der Waals surface area (Å²) in [6, 6.07) is 1.98. The summed E-state index contributed by atoms with van der Waals surface area (Å²) in [6.07, 6.45) is 0.807. The Hall–Kier alpha value is -1.19. The molecule has 0 fully saturated rings. The van der Waals surface area contributed by atoms with E-state index in [0.717, 1.165) is 40.2 Å². The summed E-state index contributed by atoms with van der Waals surface area (Å²) >= 11 is 5.18. The Balaban J connectivity index is 2.37. The van der Waals surface area contributed by atoms with Crippen LogP contribution in [0.4, 0.5) is 0 Å². The predicted octanol–water partition coefficient (Wildman–Crippen LogP) is 2.30. The Morgan fingerprint density at radius 1 is 1.55 bits per heavy atom. The molecule has 0 saturated heterocycles. The first-order valence-corrected chi connectivity index (χ1v) is 8.56. The fourth-order valence-corrected chi connectivity index (χ4v) is 2.99. The van der Waals surface area contributed by atoms with Gasteiger partial charge >= 0.3 is 0 Å². The van der Waals surface area contributed by atoms with Crippen molar-refractivity contribution < 1.29 is 9.34 Å². The van der Waals surface area contributed by atoms with E-state index in [1.807, 2.05) is 25.1 Å². The molecule has 0 aliphatic heterocycles. The highest BCUT2D eigenvalue weighted by atomic mass is 79.9. The Kier molecular flexibility index (Phi) is 7.77. The first kappa shape index (κ1) is 18.9. The zero-order valence-electron chi connectivity index (χ0n) is 12.9. The number of hydrogen-bond acceptors (Lipinski definition) is 7. The van der Waals surface area contributed by atoms with E-state index in [9.17, 15) is 10.1 Å². The number of halogens is 1. The predicted molar refractivity (Wildman–Crippen MR) is 91.9 cm³/mol. The van der Waals surface area contributed by atoms with Crippen LogP contribution in [0.5, 0.6) is 0 Å². The van der Waals surface area contributed by atoms with Crippen LogP contribution >= 0.6 is 27.7 Å².